The van der Waals surface area contributed by atoms with Gasteiger partial charge < -0.3 is 14.6 Å². The molecule has 0 aliphatic rings. The van der Waals surface area contributed by atoms with E-state index in [2.05, 4.69) is 10.3 Å². The van der Waals surface area contributed by atoms with Gasteiger partial charge in [-0.2, -0.15) is 0 Å². The molecular weight excluding hydrogens is 513 g/mol. The first-order valence-electron chi connectivity index (χ1n) is 10.9. The van der Waals surface area contributed by atoms with Crippen LogP contribution >= 0.6 is 23.2 Å². The molecule has 1 aromatic carbocycles. The molecule has 0 saturated heterocycles. The highest BCUT2D eigenvalue weighted by Crippen LogP contribution is 2.33. The van der Waals surface area contributed by atoms with Crippen LogP contribution in [0.1, 0.15) is 55.5 Å². The first-order valence-corrected chi connectivity index (χ1v) is 13.1. The summed E-state index contributed by atoms with van der Waals surface area (Å²) >= 11 is 12.5. The van der Waals surface area contributed by atoms with Crippen LogP contribution in [0.25, 0.3) is 11.0 Å². The maximum Gasteiger partial charge on any atom is 0.327 e. The fourth-order valence-electron chi connectivity index (χ4n) is 3.59. The second-order valence-corrected chi connectivity index (χ2v) is 11.9. The third-order valence-corrected chi connectivity index (χ3v) is 9.29. The molecule has 1 N–H and O–H groups in total. The number of hydrogen-bond donors (Lipinski definition) is 1. The molecule has 0 fully saturated rings. The third kappa shape index (κ3) is 4.77. The van der Waals surface area contributed by atoms with Crippen molar-refractivity contribution < 1.29 is 22.7 Å². The van der Waals surface area contributed by atoms with E-state index in [1.807, 2.05) is 0 Å². The van der Waals surface area contributed by atoms with Crippen LogP contribution in [0, 0.1) is 6.92 Å². The van der Waals surface area contributed by atoms with E-state index in [0.29, 0.717) is 38.0 Å². The number of sulfone groups is 1. The smallest absolute Gasteiger partial charge is 0.327 e. The summed E-state index contributed by atoms with van der Waals surface area (Å²) in [7, 11) is -2.28. The number of ether oxygens (including phenoxy) is 1. The number of hydrogen-bond acceptors (Lipinski definition) is 6. The molecule has 1 atom stereocenters. The van der Waals surface area contributed by atoms with E-state index in [4.69, 9.17) is 27.9 Å². The van der Waals surface area contributed by atoms with Crippen LogP contribution < -0.4 is 5.32 Å². The van der Waals surface area contributed by atoms with Gasteiger partial charge in [-0.05, 0) is 58.4 Å². The topological polar surface area (TPSA) is 107 Å². The number of fused-ring (bicyclic) bond motifs is 1. The predicted octanol–water partition coefficient (Wildman–Crippen LogP) is 4.79. The van der Waals surface area contributed by atoms with Crippen molar-refractivity contribution >= 4 is 55.9 Å². The first kappa shape index (κ1) is 27.0. The van der Waals surface area contributed by atoms with E-state index >= 15 is 0 Å². The summed E-state index contributed by atoms with van der Waals surface area (Å²) in [6, 6.07) is 7.22. The Bertz CT molecular complexity index is 1410. The van der Waals surface area contributed by atoms with Gasteiger partial charge in [-0.25, -0.2) is 13.4 Å². The lowest BCUT2D eigenvalue weighted by molar-refractivity contribution is -0.145. The second-order valence-electron chi connectivity index (χ2n) is 8.65. The van der Waals surface area contributed by atoms with E-state index in [0.717, 1.165) is 0 Å². The molecule has 188 valence electrons. The molecule has 0 bridgehead atoms. The number of halogens is 2. The van der Waals surface area contributed by atoms with Crippen LogP contribution in [0.5, 0.6) is 0 Å². The number of aromatic nitrogens is 2. The molecular formula is C24H27Cl2N3O5S. The lowest BCUT2D eigenvalue weighted by Crippen LogP contribution is -2.42. The molecule has 8 nitrogen and oxygen atoms in total. The Balaban J connectivity index is 1.83. The summed E-state index contributed by atoms with van der Waals surface area (Å²) in [5.74, 6) is -1.17. The number of nitrogens with one attached hydrogen (secondary N) is 1. The monoisotopic (exact) mass is 539 g/mol. The Morgan fingerprint density at radius 2 is 1.77 bits per heavy atom. The standard InChI is InChI=1S/C24H27Cl2N3O5S/c1-7-34-23(31)24(4,5)35(32,33)16-10-8-15(9-11-16)13(2)28-22(30)18-12-17-20(26)19(25)14(3)27-21(17)29(18)6/h8-13H,7H2,1-6H3,(H,28,30). The Morgan fingerprint density at radius 3 is 2.34 bits per heavy atom. The van der Waals surface area contributed by atoms with Crippen LogP contribution in [0.3, 0.4) is 0 Å². The summed E-state index contributed by atoms with van der Waals surface area (Å²) < 4.78 is 30.8. The molecule has 3 aromatic rings. The van der Waals surface area contributed by atoms with Gasteiger partial charge in [-0.15, -0.1) is 0 Å². The van der Waals surface area contributed by atoms with Crippen LogP contribution in [0.4, 0.5) is 0 Å². The zero-order valence-electron chi connectivity index (χ0n) is 20.3. The van der Waals surface area contributed by atoms with Crippen LogP contribution in [-0.2, 0) is 26.4 Å². The summed E-state index contributed by atoms with van der Waals surface area (Å²) in [6.45, 7) is 7.84. The quantitative estimate of drug-likeness (QED) is 0.432. The van der Waals surface area contributed by atoms with Crippen molar-refractivity contribution in [1.82, 2.24) is 14.9 Å². The van der Waals surface area contributed by atoms with Gasteiger partial charge >= 0.3 is 5.97 Å². The number of carbonyl (C=O) groups is 2. The highest BCUT2D eigenvalue weighted by atomic mass is 35.5. The van der Waals surface area contributed by atoms with Gasteiger partial charge in [0.05, 0.1) is 33.3 Å². The largest absolute Gasteiger partial charge is 0.465 e. The SMILES string of the molecule is CCOC(=O)C(C)(C)S(=O)(=O)c1ccc(C(C)NC(=O)c2cc3c(Cl)c(Cl)c(C)nc3n2C)cc1. The molecule has 0 aliphatic heterocycles. The molecule has 2 heterocycles. The van der Waals surface area contributed by atoms with E-state index in [1.54, 1.807) is 50.6 Å². The van der Waals surface area contributed by atoms with Crippen molar-refractivity contribution in [3.63, 3.8) is 0 Å². The fraction of sp³-hybridized carbons (Fsp3) is 0.375. The van der Waals surface area contributed by atoms with Crippen molar-refractivity contribution in [2.45, 2.75) is 50.3 Å². The summed E-state index contributed by atoms with van der Waals surface area (Å²) in [6.07, 6.45) is 0. The number of amides is 1. The minimum atomic E-state index is -4.00. The van der Waals surface area contributed by atoms with Crippen LogP contribution in [0.15, 0.2) is 35.2 Å². The summed E-state index contributed by atoms with van der Waals surface area (Å²) in [5, 5.41) is 4.14. The molecule has 0 radical (unpaired) electrons. The predicted molar refractivity (Wildman–Crippen MR) is 136 cm³/mol. The van der Waals surface area contributed by atoms with E-state index in [-0.39, 0.29) is 17.4 Å². The van der Waals surface area contributed by atoms with E-state index in [9.17, 15) is 18.0 Å². The molecule has 1 amide bonds. The highest BCUT2D eigenvalue weighted by molar-refractivity contribution is 7.93. The number of nitrogens with zero attached hydrogens (tertiary/aromatic N) is 2. The second kappa shape index (κ2) is 9.79. The van der Waals surface area contributed by atoms with Gasteiger partial charge in [0.2, 0.25) is 0 Å². The zero-order chi connectivity index (χ0) is 26.3. The van der Waals surface area contributed by atoms with Gasteiger partial charge in [0.25, 0.3) is 5.91 Å². The average molecular weight is 540 g/mol. The lowest BCUT2D eigenvalue weighted by Gasteiger charge is -2.23. The number of carbonyl (C=O) groups excluding carboxylic acids is 2. The normalized spacial score (nSPS) is 13.0. The van der Waals surface area contributed by atoms with Gasteiger partial charge in [0, 0.05) is 12.4 Å². The minimum absolute atomic E-state index is 0.0144. The molecule has 35 heavy (non-hydrogen) atoms. The molecule has 0 aliphatic carbocycles. The van der Waals surface area contributed by atoms with Crippen molar-refractivity contribution in [3.05, 3.63) is 57.3 Å². The summed E-state index contributed by atoms with van der Waals surface area (Å²) in [4.78, 5) is 29.6. The Kier molecular flexibility index (Phi) is 7.55. The van der Waals surface area contributed by atoms with Gasteiger partial charge in [0.15, 0.2) is 14.6 Å². The highest BCUT2D eigenvalue weighted by Gasteiger charge is 2.44. The number of pyridine rings is 1. The zero-order valence-corrected chi connectivity index (χ0v) is 22.6. The first-order chi connectivity index (χ1) is 16.2. The molecule has 0 spiro atoms. The summed E-state index contributed by atoms with van der Waals surface area (Å²) in [5.41, 5.74) is 2.12. The van der Waals surface area contributed by atoms with E-state index < -0.39 is 26.6 Å². The Morgan fingerprint density at radius 1 is 1.17 bits per heavy atom. The lowest BCUT2D eigenvalue weighted by atomic mass is 10.1. The van der Waals surface area contributed by atoms with Gasteiger partial charge in [-0.1, -0.05) is 35.3 Å². The number of rotatable bonds is 7. The van der Waals surface area contributed by atoms with E-state index in [1.165, 1.54) is 26.0 Å². The van der Waals surface area contributed by atoms with Gasteiger partial charge in [0.1, 0.15) is 11.3 Å². The molecule has 1 unspecified atom stereocenters. The molecule has 11 heteroatoms. The van der Waals surface area contributed by atoms with Crippen molar-refractivity contribution in [3.8, 4) is 0 Å². The third-order valence-electron chi connectivity index (χ3n) is 5.93. The van der Waals surface area contributed by atoms with Crippen molar-refractivity contribution in [2.75, 3.05) is 6.61 Å². The average Bonchev–Trinajstić information content (AvgIpc) is 3.14. The van der Waals surface area contributed by atoms with Crippen molar-refractivity contribution in [2.24, 2.45) is 7.05 Å². The Hall–Kier alpha value is -2.62. The van der Waals surface area contributed by atoms with Crippen LogP contribution in [0.2, 0.25) is 10.0 Å². The maximum absolute atomic E-state index is 13.0. The number of benzene rings is 1. The minimum Gasteiger partial charge on any atom is -0.465 e. The Labute approximate surface area is 214 Å². The molecule has 3 rings (SSSR count). The molecule has 2 aromatic heterocycles. The van der Waals surface area contributed by atoms with Crippen molar-refractivity contribution in [1.29, 1.82) is 0 Å². The number of aryl methyl sites for hydroxylation is 2. The van der Waals surface area contributed by atoms with Gasteiger partial charge in [-0.3, -0.25) is 9.59 Å². The maximum atomic E-state index is 13.0. The van der Waals surface area contributed by atoms with Crippen LogP contribution in [-0.4, -0.2) is 41.2 Å². The fourth-order valence-corrected chi connectivity index (χ4v) is 5.37. The number of esters is 1. The molecule has 0 saturated carbocycles.